The molecule has 0 saturated carbocycles. The summed E-state index contributed by atoms with van der Waals surface area (Å²) in [5.41, 5.74) is 5.66. The monoisotopic (exact) mass is 319 g/mol. The Hall–Kier alpha value is -1.88. The first-order valence-electron chi connectivity index (χ1n) is 6.18. The molecule has 1 atom stereocenters. The third-order valence-corrected chi connectivity index (χ3v) is 3.70. The average molecular weight is 320 g/mol. The van der Waals surface area contributed by atoms with Crippen LogP contribution in [0, 0.1) is 0 Å². The standard InChI is InChI=1S/C15H11Cl2N3O/c16-11-5-1-9(2-6-11)13-15(21,20-14(18)19-13)10-3-7-12(17)8-4-10/h1-8,21H,(H2,18,20). The number of rotatable bonds is 2. The first-order chi connectivity index (χ1) is 9.99. The Labute approximate surface area is 131 Å². The Bertz CT molecular complexity index is 739. The molecule has 4 nitrogen and oxygen atoms in total. The van der Waals surface area contributed by atoms with Crippen LogP contribution in [0.15, 0.2) is 58.5 Å². The van der Waals surface area contributed by atoms with Crippen molar-refractivity contribution < 1.29 is 5.11 Å². The summed E-state index contributed by atoms with van der Waals surface area (Å²) in [6, 6.07) is 13.7. The van der Waals surface area contributed by atoms with E-state index in [0.29, 0.717) is 26.9 Å². The van der Waals surface area contributed by atoms with Crippen LogP contribution in [0.5, 0.6) is 0 Å². The first-order valence-corrected chi connectivity index (χ1v) is 6.93. The van der Waals surface area contributed by atoms with E-state index in [9.17, 15) is 5.11 Å². The van der Waals surface area contributed by atoms with Crippen molar-refractivity contribution in [2.24, 2.45) is 15.7 Å². The van der Waals surface area contributed by atoms with Gasteiger partial charge in [0.1, 0.15) is 5.71 Å². The number of nitrogens with zero attached hydrogens (tertiary/aromatic N) is 2. The van der Waals surface area contributed by atoms with Gasteiger partial charge in [-0.3, -0.25) is 0 Å². The van der Waals surface area contributed by atoms with Crippen molar-refractivity contribution in [3.63, 3.8) is 0 Å². The van der Waals surface area contributed by atoms with Crippen molar-refractivity contribution in [1.82, 2.24) is 0 Å². The Kier molecular flexibility index (Phi) is 3.45. The molecule has 2 aromatic carbocycles. The minimum atomic E-state index is -1.62. The number of hydrogen-bond acceptors (Lipinski definition) is 4. The molecular formula is C15H11Cl2N3O. The van der Waals surface area contributed by atoms with E-state index in [4.69, 9.17) is 28.9 Å². The number of hydrogen-bond donors (Lipinski definition) is 2. The Morgan fingerprint density at radius 3 is 2.00 bits per heavy atom. The van der Waals surface area contributed by atoms with E-state index in [0.717, 1.165) is 0 Å². The molecule has 2 aromatic rings. The molecule has 0 fully saturated rings. The van der Waals surface area contributed by atoms with Gasteiger partial charge in [0.15, 0.2) is 0 Å². The summed E-state index contributed by atoms with van der Waals surface area (Å²) in [6.45, 7) is 0. The lowest BCUT2D eigenvalue weighted by atomic mass is 9.93. The maximum absolute atomic E-state index is 10.9. The highest BCUT2D eigenvalue weighted by atomic mass is 35.5. The maximum Gasteiger partial charge on any atom is 0.230 e. The minimum absolute atomic E-state index is 0.0254. The topological polar surface area (TPSA) is 71.0 Å². The quantitative estimate of drug-likeness (QED) is 0.893. The summed E-state index contributed by atoms with van der Waals surface area (Å²) in [7, 11) is 0. The normalized spacial score (nSPS) is 21.1. The molecule has 0 radical (unpaired) electrons. The van der Waals surface area contributed by atoms with E-state index in [1.807, 2.05) is 0 Å². The largest absolute Gasteiger partial charge is 0.368 e. The molecule has 21 heavy (non-hydrogen) atoms. The number of guanidine groups is 1. The summed E-state index contributed by atoms with van der Waals surface area (Å²) in [6.07, 6.45) is 0. The molecule has 0 bridgehead atoms. The molecular weight excluding hydrogens is 309 g/mol. The van der Waals surface area contributed by atoms with Gasteiger partial charge in [-0.05, 0) is 24.3 Å². The molecule has 0 aliphatic carbocycles. The minimum Gasteiger partial charge on any atom is -0.368 e. The molecule has 1 heterocycles. The lowest BCUT2D eigenvalue weighted by Gasteiger charge is -2.22. The molecule has 1 unspecified atom stereocenters. The molecule has 1 aliphatic heterocycles. The summed E-state index contributed by atoms with van der Waals surface area (Å²) >= 11 is 11.8. The SMILES string of the molecule is NC1=NC(O)(c2ccc(Cl)cc2)C(c2ccc(Cl)cc2)=N1. The second kappa shape index (κ2) is 5.15. The second-order valence-electron chi connectivity index (χ2n) is 4.62. The summed E-state index contributed by atoms with van der Waals surface area (Å²) in [4.78, 5) is 8.23. The van der Waals surface area contributed by atoms with Crippen LogP contribution < -0.4 is 5.73 Å². The highest BCUT2D eigenvalue weighted by Gasteiger charge is 2.40. The molecule has 106 valence electrons. The predicted octanol–water partition coefficient (Wildman–Crippen LogP) is 2.96. The highest BCUT2D eigenvalue weighted by molar-refractivity contribution is 6.31. The van der Waals surface area contributed by atoms with Gasteiger partial charge in [-0.15, -0.1) is 0 Å². The third kappa shape index (κ3) is 2.53. The van der Waals surface area contributed by atoms with Crippen LogP contribution in [0.2, 0.25) is 10.0 Å². The zero-order valence-corrected chi connectivity index (χ0v) is 12.3. The second-order valence-corrected chi connectivity index (χ2v) is 5.49. The van der Waals surface area contributed by atoms with E-state index in [1.165, 1.54) is 0 Å². The number of aliphatic hydroxyl groups is 1. The first kappa shape index (κ1) is 14.1. The van der Waals surface area contributed by atoms with Crippen molar-refractivity contribution in [2.45, 2.75) is 5.72 Å². The van der Waals surface area contributed by atoms with Gasteiger partial charge in [0.2, 0.25) is 11.7 Å². The molecule has 1 aliphatic rings. The third-order valence-electron chi connectivity index (χ3n) is 3.20. The molecule has 3 N–H and O–H groups in total. The van der Waals surface area contributed by atoms with E-state index >= 15 is 0 Å². The molecule has 6 heteroatoms. The predicted molar refractivity (Wildman–Crippen MR) is 85.0 cm³/mol. The molecule has 3 rings (SSSR count). The van der Waals surface area contributed by atoms with E-state index in [2.05, 4.69) is 9.98 Å². The molecule has 0 spiro atoms. The Morgan fingerprint density at radius 2 is 1.43 bits per heavy atom. The summed E-state index contributed by atoms with van der Waals surface area (Å²) in [5.74, 6) is 0.0254. The maximum atomic E-state index is 10.9. The van der Waals surface area contributed by atoms with E-state index in [-0.39, 0.29) is 5.96 Å². The van der Waals surface area contributed by atoms with Crippen LogP contribution in [0.3, 0.4) is 0 Å². The van der Waals surface area contributed by atoms with Gasteiger partial charge in [0.25, 0.3) is 0 Å². The van der Waals surface area contributed by atoms with Gasteiger partial charge in [-0.25, -0.2) is 9.98 Å². The lowest BCUT2D eigenvalue weighted by Crippen LogP contribution is -2.32. The number of benzene rings is 2. The van der Waals surface area contributed by atoms with Crippen LogP contribution >= 0.6 is 23.2 Å². The van der Waals surface area contributed by atoms with Crippen molar-refractivity contribution in [3.8, 4) is 0 Å². The lowest BCUT2D eigenvalue weighted by molar-refractivity contribution is 0.126. The Balaban J connectivity index is 2.10. The summed E-state index contributed by atoms with van der Waals surface area (Å²) in [5, 5.41) is 12.1. The van der Waals surface area contributed by atoms with Gasteiger partial charge >= 0.3 is 0 Å². The van der Waals surface area contributed by atoms with E-state index in [1.54, 1.807) is 48.5 Å². The number of halogens is 2. The van der Waals surface area contributed by atoms with Crippen LogP contribution in [-0.4, -0.2) is 16.8 Å². The fraction of sp³-hybridized carbons (Fsp3) is 0.0667. The smallest absolute Gasteiger partial charge is 0.230 e. The van der Waals surface area contributed by atoms with Crippen molar-refractivity contribution in [1.29, 1.82) is 0 Å². The molecule has 0 amide bonds. The van der Waals surface area contributed by atoms with Crippen LogP contribution in [0.4, 0.5) is 0 Å². The number of aliphatic imine (C=N–C) groups is 2. The zero-order valence-electron chi connectivity index (χ0n) is 10.8. The van der Waals surface area contributed by atoms with Crippen molar-refractivity contribution in [2.75, 3.05) is 0 Å². The summed E-state index contributed by atoms with van der Waals surface area (Å²) < 4.78 is 0. The number of nitrogens with two attached hydrogens (primary N) is 1. The van der Waals surface area contributed by atoms with Gasteiger partial charge < -0.3 is 10.8 Å². The Morgan fingerprint density at radius 1 is 0.905 bits per heavy atom. The van der Waals surface area contributed by atoms with Crippen LogP contribution in [0.1, 0.15) is 11.1 Å². The fourth-order valence-electron chi connectivity index (χ4n) is 2.19. The average Bonchev–Trinajstić information content (AvgIpc) is 2.76. The van der Waals surface area contributed by atoms with Gasteiger partial charge in [0.05, 0.1) is 0 Å². The molecule has 0 aromatic heterocycles. The van der Waals surface area contributed by atoms with Crippen LogP contribution in [-0.2, 0) is 5.72 Å². The molecule has 0 saturated heterocycles. The van der Waals surface area contributed by atoms with Crippen molar-refractivity contribution in [3.05, 3.63) is 69.7 Å². The van der Waals surface area contributed by atoms with E-state index < -0.39 is 5.72 Å². The fourth-order valence-corrected chi connectivity index (χ4v) is 2.45. The van der Waals surface area contributed by atoms with Gasteiger partial charge in [-0.2, -0.15) is 0 Å². The van der Waals surface area contributed by atoms with Crippen molar-refractivity contribution >= 4 is 34.9 Å². The van der Waals surface area contributed by atoms with Gasteiger partial charge in [0, 0.05) is 21.2 Å². The van der Waals surface area contributed by atoms with Crippen LogP contribution in [0.25, 0.3) is 0 Å². The zero-order chi connectivity index (χ0) is 15.0. The van der Waals surface area contributed by atoms with Gasteiger partial charge in [-0.1, -0.05) is 47.5 Å². The highest BCUT2D eigenvalue weighted by Crippen LogP contribution is 2.32.